The summed E-state index contributed by atoms with van der Waals surface area (Å²) in [5.74, 6) is 0.380. The van der Waals surface area contributed by atoms with E-state index in [1.807, 2.05) is 0 Å². The fourth-order valence-electron chi connectivity index (χ4n) is 0.987. The Hall–Kier alpha value is 0.300. The molecule has 1 radical (unpaired) electrons. The fourth-order valence-corrected chi connectivity index (χ4v) is 2.39. The molecule has 1 aromatic carbocycles. The van der Waals surface area contributed by atoms with Crippen LogP contribution in [0.1, 0.15) is 18.4 Å². The number of hydrogen-bond donors (Lipinski definition) is 0. The summed E-state index contributed by atoms with van der Waals surface area (Å²) in [6.45, 7) is 6.13. The average Bonchev–Trinajstić information content (AvgIpc) is 2.03. The van der Waals surface area contributed by atoms with Crippen LogP contribution in [0.4, 0.5) is 0 Å². The van der Waals surface area contributed by atoms with Gasteiger partial charge in [-0.25, -0.2) is 0 Å². The van der Waals surface area contributed by atoms with E-state index in [0.717, 1.165) is 0 Å². The van der Waals surface area contributed by atoms with Crippen LogP contribution in [-0.2, 0) is 0 Å². The van der Waals surface area contributed by atoms with Gasteiger partial charge in [0.15, 0.2) is 0 Å². The molecule has 1 aromatic rings. The molecular weight excluding hydrogens is 279 g/mol. The maximum atomic E-state index is 4.01. The Labute approximate surface area is 92.3 Å². The van der Waals surface area contributed by atoms with Crippen LogP contribution < -0.4 is 0 Å². The molecule has 0 nitrogen and oxygen atoms in total. The van der Waals surface area contributed by atoms with E-state index in [1.54, 1.807) is 11.8 Å². The lowest BCUT2D eigenvalue weighted by molar-refractivity contribution is 0.955. The van der Waals surface area contributed by atoms with Crippen molar-refractivity contribution in [3.8, 4) is 0 Å². The molecule has 1 atom stereocenters. The first kappa shape index (κ1) is 10.4. The third kappa shape index (κ3) is 2.66. The Bertz CT molecular complexity index is 269. The summed E-state index contributed by atoms with van der Waals surface area (Å²) < 4.78 is 1.30. The first-order chi connectivity index (χ1) is 5.63. The smallest absolute Gasteiger partial charge is 0.0144 e. The summed E-state index contributed by atoms with van der Waals surface area (Å²) in [5, 5.41) is 0. The van der Waals surface area contributed by atoms with E-state index in [4.69, 9.17) is 0 Å². The normalized spacial score (nSPS) is 10.8. The SMILES string of the molecule is [CH2]C(C)c1cc(I)cc(SC)c1. The van der Waals surface area contributed by atoms with E-state index in [0.29, 0.717) is 5.92 Å². The molecule has 65 valence electrons. The van der Waals surface area contributed by atoms with E-state index in [2.05, 4.69) is 60.9 Å². The van der Waals surface area contributed by atoms with E-state index in [1.165, 1.54) is 14.0 Å². The van der Waals surface area contributed by atoms with Gasteiger partial charge in [-0.2, -0.15) is 0 Å². The van der Waals surface area contributed by atoms with Gasteiger partial charge in [0.25, 0.3) is 0 Å². The third-order valence-electron chi connectivity index (χ3n) is 1.70. The summed E-state index contributed by atoms with van der Waals surface area (Å²) in [6.07, 6.45) is 2.10. The second-order valence-corrected chi connectivity index (χ2v) is 4.95. The summed E-state index contributed by atoms with van der Waals surface area (Å²) in [5.41, 5.74) is 1.33. The molecule has 0 aliphatic heterocycles. The summed E-state index contributed by atoms with van der Waals surface area (Å²) >= 11 is 4.13. The van der Waals surface area contributed by atoms with Gasteiger partial charge in [0.1, 0.15) is 0 Å². The molecule has 0 bridgehead atoms. The molecule has 0 saturated carbocycles. The second-order valence-electron chi connectivity index (χ2n) is 2.83. The topological polar surface area (TPSA) is 0 Å². The van der Waals surface area contributed by atoms with Crippen molar-refractivity contribution in [1.82, 2.24) is 0 Å². The van der Waals surface area contributed by atoms with Gasteiger partial charge in [-0.05, 0) is 65.5 Å². The van der Waals surface area contributed by atoms with Crippen molar-refractivity contribution in [2.24, 2.45) is 0 Å². The lowest BCUT2D eigenvalue weighted by atomic mass is 10.0. The molecule has 0 aliphatic rings. The van der Waals surface area contributed by atoms with Crippen LogP contribution in [0.25, 0.3) is 0 Å². The zero-order valence-electron chi connectivity index (χ0n) is 7.30. The molecule has 0 fully saturated rings. The lowest BCUT2D eigenvalue weighted by Crippen LogP contribution is -1.89. The summed E-state index contributed by atoms with van der Waals surface area (Å²) in [6, 6.07) is 6.60. The molecule has 0 amide bonds. The van der Waals surface area contributed by atoms with Gasteiger partial charge in [-0.15, -0.1) is 11.8 Å². The van der Waals surface area contributed by atoms with Crippen LogP contribution in [-0.4, -0.2) is 6.26 Å². The maximum Gasteiger partial charge on any atom is 0.0144 e. The number of thioether (sulfide) groups is 1. The third-order valence-corrected chi connectivity index (χ3v) is 3.03. The Morgan fingerprint density at radius 3 is 2.58 bits per heavy atom. The molecule has 0 saturated heterocycles. The van der Waals surface area contributed by atoms with Crippen molar-refractivity contribution < 1.29 is 0 Å². The monoisotopic (exact) mass is 291 g/mol. The molecule has 2 heteroatoms. The Morgan fingerprint density at radius 2 is 2.08 bits per heavy atom. The highest BCUT2D eigenvalue weighted by molar-refractivity contribution is 14.1. The van der Waals surface area contributed by atoms with Gasteiger partial charge in [0, 0.05) is 8.47 Å². The quantitative estimate of drug-likeness (QED) is 0.587. The zero-order chi connectivity index (χ0) is 9.14. The minimum atomic E-state index is 0.380. The average molecular weight is 291 g/mol. The molecular formula is C10H12IS. The molecule has 12 heavy (non-hydrogen) atoms. The van der Waals surface area contributed by atoms with Crippen molar-refractivity contribution in [2.45, 2.75) is 17.7 Å². The van der Waals surface area contributed by atoms with Gasteiger partial charge in [-0.3, -0.25) is 0 Å². The van der Waals surface area contributed by atoms with Crippen molar-refractivity contribution in [1.29, 1.82) is 0 Å². The van der Waals surface area contributed by atoms with E-state index in [9.17, 15) is 0 Å². The van der Waals surface area contributed by atoms with Crippen LogP contribution in [0.15, 0.2) is 23.1 Å². The Morgan fingerprint density at radius 1 is 1.42 bits per heavy atom. The van der Waals surface area contributed by atoms with Gasteiger partial charge < -0.3 is 0 Å². The van der Waals surface area contributed by atoms with Crippen LogP contribution in [0.5, 0.6) is 0 Å². The van der Waals surface area contributed by atoms with Crippen molar-refractivity contribution in [3.05, 3.63) is 34.3 Å². The number of halogens is 1. The number of hydrogen-bond acceptors (Lipinski definition) is 1. The molecule has 0 N–H and O–H groups in total. The van der Waals surface area contributed by atoms with Gasteiger partial charge >= 0.3 is 0 Å². The molecule has 1 rings (SSSR count). The van der Waals surface area contributed by atoms with Crippen molar-refractivity contribution in [3.63, 3.8) is 0 Å². The van der Waals surface area contributed by atoms with Crippen LogP contribution in [0.2, 0.25) is 0 Å². The largest absolute Gasteiger partial charge is 0.130 e. The maximum absolute atomic E-state index is 4.01. The van der Waals surface area contributed by atoms with Gasteiger partial charge in [0.05, 0.1) is 0 Å². The Balaban J connectivity index is 3.06. The zero-order valence-corrected chi connectivity index (χ0v) is 10.3. The highest BCUT2D eigenvalue weighted by Gasteiger charge is 2.01. The minimum Gasteiger partial charge on any atom is -0.130 e. The lowest BCUT2D eigenvalue weighted by Gasteiger charge is -2.07. The fraction of sp³-hybridized carbons (Fsp3) is 0.300. The first-order valence-corrected chi connectivity index (χ1v) is 6.11. The number of benzene rings is 1. The molecule has 0 spiro atoms. The summed E-state index contributed by atoms with van der Waals surface area (Å²) in [4.78, 5) is 1.33. The highest BCUT2D eigenvalue weighted by Crippen LogP contribution is 2.24. The highest BCUT2D eigenvalue weighted by atomic mass is 127. The first-order valence-electron chi connectivity index (χ1n) is 3.81. The predicted molar refractivity (Wildman–Crippen MR) is 64.7 cm³/mol. The van der Waals surface area contributed by atoms with Crippen molar-refractivity contribution >= 4 is 34.4 Å². The van der Waals surface area contributed by atoms with Crippen LogP contribution in [0.3, 0.4) is 0 Å². The molecule has 0 aromatic heterocycles. The Kier molecular flexibility index (Phi) is 3.90. The van der Waals surface area contributed by atoms with Gasteiger partial charge in [-0.1, -0.05) is 6.92 Å². The number of rotatable bonds is 2. The predicted octanol–water partition coefficient (Wildman–Crippen LogP) is 3.95. The van der Waals surface area contributed by atoms with E-state index >= 15 is 0 Å². The molecule has 0 heterocycles. The van der Waals surface area contributed by atoms with Crippen LogP contribution in [0, 0.1) is 10.5 Å². The van der Waals surface area contributed by atoms with Crippen LogP contribution >= 0.6 is 34.4 Å². The van der Waals surface area contributed by atoms with E-state index in [-0.39, 0.29) is 0 Å². The molecule has 0 aliphatic carbocycles. The van der Waals surface area contributed by atoms with E-state index < -0.39 is 0 Å². The van der Waals surface area contributed by atoms with Gasteiger partial charge in [0.2, 0.25) is 0 Å². The summed E-state index contributed by atoms with van der Waals surface area (Å²) in [7, 11) is 0. The molecule has 1 unspecified atom stereocenters. The van der Waals surface area contributed by atoms with Crippen molar-refractivity contribution in [2.75, 3.05) is 6.26 Å². The minimum absolute atomic E-state index is 0.380. The standard InChI is InChI=1S/C10H12IS/c1-7(2)8-4-9(11)6-10(5-8)12-3/h4-7H,1H2,2-3H3. The second kappa shape index (κ2) is 4.51.